The van der Waals surface area contributed by atoms with E-state index in [0.717, 1.165) is 49.4 Å². The lowest BCUT2D eigenvalue weighted by molar-refractivity contribution is -0.152. The molecule has 2 heterocycles. The molecule has 1 aromatic carbocycles. The molecule has 3 aliphatic rings. The SMILES string of the molecule is CC(F)(CC(=O)N1CCCC2C(C(=O)O)CCCC21)c1c[nH]c2cccc(C3CC3)c12. The standard InChI is InChI=1S/C25H31FN2O3/c1-25(26,19-14-27-20-8-2-5-16(23(19)20)15-10-11-15)13-22(29)28-12-4-7-17-18(24(30)31)6-3-9-21(17)28/h2,5,8,14-15,17-18,21,27H,3-4,6-7,9-13H2,1H3,(H,30,31). The van der Waals surface area contributed by atoms with Crippen molar-refractivity contribution in [2.75, 3.05) is 6.54 Å². The maximum atomic E-state index is 16.1. The Morgan fingerprint density at radius 1 is 1.19 bits per heavy atom. The summed E-state index contributed by atoms with van der Waals surface area (Å²) in [4.78, 5) is 30.1. The first-order chi connectivity index (χ1) is 14.9. The van der Waals surface area contributed by atoms with Crippen LogP contribution in [0.5, 0.6) is 0 Å². The van der Waals surface area contributed by atoms with Gasteiger partial charge in [-0.2, -0.15) is 0 Å². The minimum atomic E-state index is -1.78. The number of halogens is 1. The van der Waals surface area contributed by atoms with Gasteiger partial charge in [-0.25, -0.2) is 4.39 Å². The molecule has 4 atom stereocenters. The summed E-state index contributed by atoms with van der Waals surface area (Å²) >= 11 is 0. The molecule has 1 saturated heterocycles. The van der Waals surface area contributed by atoms with Gasteiger partial charge in [-0.3, -0.25) is 9.59 Å². The third-order valence-electron chi connectivity index (χ3n) is 7.80. The van der Waals surface area contributed by atoms with Gasteiger partial charge >= 0.3 is 5.97 Å². The Morgan fingerprint density at radius 2 is 2.00 bits per heavy atom. The number of carboxylic acids is 1. The van der Waals surface area contributed by atoms with Crippen LogP contribution in [0.4, 0.5) is 4.39 Å². The van der Waals surface area contributed by atoms with E-state index in [2.05, 4.69) is 11.1 Å². The summed E-state index contributed by atoms with van der Waals surface area (Å²) in [5.74, 6) is -0.859. The number of carbonyl (C=O) groups is 2. The Morgan fingerprint density at radius 3 is 2.74 bits per heavy atom. The quantitative estimate of drug-likeness (QED) is 0.698. The van der Waals surface area contributed by atoms with E-state index in [-0.39, 0.29) is 30.2 Å². The predicted octanol–water partition coefficient (Wildman–Crippen LogP) is 5.11. The molecule has 2 aliphatic carbocycles. The second-order valence-electron chi connectivity index (χ2n) is 9.96. The van der Waals surface area contributed by atoms with Crippen molar-refractivity contribution in [1.82, 2.24) is 9.88 Å². The number of alkyl halides is 1. The van der Waals surface area contributed by atoms with Crippen molar-refractivity contribution in [2.24, 2.45) is 11.8 Å². The highest BCUT2D eigenvalue weighted by molar-refractivity contribution is 5.89. The molecule has 0 radical (unpaired) electrons. The zero-order chi connectivity index (χ0) is 21.8. The van der Waals surface area contributed by atoms with Gasteiger partial charge in [0.25, 0.3) is 0 Å². The zero-order valence-electron chi connectivity index (χ0n) is 18.1. The summed E-state index contributed by atoms with van der Waals surface area (Å²) in [6, 6.07) is 5.98. The molecule has 1 amide bonds. The molecule has 3 fully saturated rings. The summed E-state index contributed by atoms with van der Waals surface area (Å²) in [5.41, 5.74) is 0.887. The maximum absolute atomic E-state index is 16.1. The number of carboxylic acid groups (broad SMARTS) is 1. The van der Waals surface area contributed by atoms with E-state index in [9.17, 15) is 14.7 Å². The van der Waals surface area contributed by atoms with Gasteiger partial charge in [0.05, 0.1) is 12.3 Å². The van der Waals surface area contributed by atoms with Crippen LogP contribution in [0.25, 0.3) is 10.9 Å². The number of hydrogen-bond acceptors (Lipinski definition) is 2. The minimum absolute atomic E-state index is 0.00984. The normalized spacial score (nSPS) is 28.2. The number of nitrogens with zero attached hydrogens (tertiary/aromatic N) is 1. The monoisotopic (exact) mass is 426 g/mol. The number of aromatic nitrogens is 1. The minimum Gasteiger partial charge on any atom is -0.481 e. The number of likely N-dealkylation sites (tertiary alicyclic amines) is 1. The number of amides is 1. The number of aromatic amines is 1. The van der Waals surface area contributed by atoms with Gasteiger partial charge < -0.3 is 15.0 Å². The molecule has 0 spiro atoms. The number of carbonyl (C=O) groups excluding carboxylic acids is 1. The highest BCUT2D eigenvalue weighted by atomic mass is 19.1. The number of hydrogen-bond donors (Lipinski definition) is 2. The molecule has 166 valence electrons. The lowest BCUT2D eigenvalue weighted by Crippen LogP contribution is -2.53. The van der Waals surface area contributed by atoms with Crippen LogP contribution < -0.4 is 0 Å². The van der Waals surface area contributed by atoms with Crippen molar-refractivity contribution in [2.45, 2.75) is 75.9 Å². The highest BCUT2D eigenvalue weighted by Crippen LogP contribution is 2.47. The first kappa shape index (κ1) is 20.5. The van der Waals surface area contributed by atoms with Gasteiger partial charge in [0.2, 0.25) is 5.91 Å². The van der Waals surface area contributed by atoms with Crippen LogP contribution in [-0.4, -0.2) is 39.5 Å². The van der Waals surface area contributed by atoms with Crippen LogP contribution in [-0.2, 0) is 15.3 Å². The van der Waals surface area contributed by atoms with E-state index < -0.39 is 11.6 Å². The van der Waals surface area contributed by atoms with Crippen molar-refractivity contribution in [3.05, 3.63) is 35.5 Å². The van der Waals surface area contributed by atoms with E-state index in [4.69, 9.17) is 0 Å². The van der Waals surface area contributed by atoms with Crippen molar-refractivity contribution >= 4 is 22.8 Å². The van der Waals surface area contributed by atoms with Crippen LogP contribution in [0.1, 0.15) is 75.3 Å². The average molecular weight is 427 g/mol. The van der Waals surface area contributed by atoms with E-state index in [1.165, 1.54) is 12.5 Å². The molecular weight excluding hydrogens is 395 g/mol. The molecule has 5 rings (SSSR count). The van der Waals surface area contributed by atoms with Gasteiger partial charge in [-0.15, -0.1) is 0 Å². The Labute approximate surface area is 182 Å². The number of piperidine rings is 1. The fraction of sp³-hybridized carbons (Fsp3) is 0.600. The summed E-state index contributed by atoms with van der Waals surface area (Å²) < 4.78 is 16.1. The second-order valence-corrected chi connectivity index (χ2v) is 9.96. The van der Waals surface area contributed by atoms with Crippen LogP contribution >= 0.6 is 0 Å². The van der Waals surface area contributed by atoms with Crippen LogP contribution in [0.2, 0.25) is 0 Å². The van der Waals surface area contributed by atoms with Gasteiger partial charge in [0.1, 0.15) is 5.67 Å². The highest BCUT2D eigenvalue weighted by Gasteiger charge is 2.45. The van der Waals surface area contributed by atoms with Gasteiger partial charge in [0.15, 0.2) is 0 Å². The Kier molecular flexibility index (Phi) is 5.06. The van der Waals surface area contributed by atoms with Crippen LogP contribution in [0, 0.1) is 11.8 Å². The number of benzene rings is 1. The van der Waals surface area contributed by atoms with Crippen molar-refractivity contribution in [3.8, 4) is 0 Å². The van der Waals surface area contributed by atoms with Gasteiger partial charge in [-0.1, -0.05) is 18.6 Å². The molecule has 5 nitrogen and oxygen atoms in total. The first-order valence-corrected chi connectivity index (χ1v) is 11.7. The smallest absolute Gasteiger partial charge is 0.306 e. The lowest BCUT2D eigenvalue weighted by Gasteiger charge is -2.47. The largest absolute Gasteiger partial charge is 0.481 e. The molecule has 1 aromatic heterocycles. The molecule has 31 heavy (non-hydrogen) atoms. The Balaban J connectivity index is 1.40. The number of rotatable bonds is 5. The molecular formula is C25H31FN2O3. The lowest BCUT2D eigenvalue weighted by atomic mass is 9.71. The topological polar surface area (TPSA) is 73.4 Å². The average Bonchev–Trinajstić information content (AvgIpc) is 3.49. The molecule has 4 unspecified atom stereocenters. The van der Waals surface area contributed by atoms with E-state index in [1.54, 1.807) is 11.1 Å². The summed E-state index contributed by atoms with van der Waals surface area (Å²) in [6.07, 6.45) is 7.72. The summed E-state index contributed by atoms with van der Waals surface area (Å²) in [7, 11) is 0. The number of aliphatic carboxylic acids is 1. The molecule has 2 aromatic rings. The number of H-pyrrole nitrogens is 1. The van der Waals surface area contributed by atoms with Crippen molar-refractivity contribution in [3.63, 3.8) is 0 Å². The van der Waals surface area contributed by atoms with E-state index in [0.29, 0.717) is 24.4 Å². The van der Waals surface area contributed by atoms with Crippen molar-refractivity contribution < 1.29 is 19.1 Å². The fourth-order valence-corrected chi connectivity index (χ4v) is 6.14. The summed E-state index contributed by atoms with van der Waals surface area (Å²) in [5, 5.41) is 10.6. The number of fused-ring (bicyclic) bond motifs is 2. The van der Waals surface area contributed by atoms with Crippen LogP contribution in [0.15, 0.2) is 24.4 Å². The zero-order valence-corrected chi connectivity index (χ0v) is 18.1. The second kappa shape index (κ2) is 7.64. The van der Waals surface area contributed by atoms with Gasteiger partial charge in [0, 0.05) is 35.2 Å². The molecule has 2 N–H and O–H groups in total. The third kappa shape index (κ3) is 3.64. The molecule has 6 heteroatoms. The molecule has 2 saturated carbocycles. The third-order valence-corrected chi connectivity index (χ3v) is 7.80. The first-order valence-electron chi connectivity index (χ1n) is 11.7. The van der Waals surface area contributed by atoms with Gasteiger partial charge in [-0.05, 0) is 68.9 Å². The summed E-state index contributed by atoms with van der Waals surface area (Å²) in [6.45, 7) is 2.11. The van der Waals surface area contributed by atoms with Crippen LogP contribution in [0.3, 0.4) is 0 Å². The fourth-order valence-electron chi connectivity index (χ4n) is 6.14. The van der Waals surface area contributed by atoms with E-state index >= 15 is 4.39 Å². The van der Waals surface area contributed by atoms with Crippen molar-refractivity contribution in [1.29, 1.82) is 0 Å². The number of nitrogens with one attached hydrogen (secondary N) is 1. The Bertz CT molecular complexity index is 1010. The maximum Gasteiger partial charge on any atom is 0.306 e. The molecule has 1 aliphatic heterocycles. The predicted molar refractivity (Wildman–Crippen MR) is 117 cm³/mol. The Hall–Kier alpha value is -2.37. The molecule has 0 bridgehead atoms. The van der Waals surface area contributed by atoms with E-state index in [1.807, 2.05) is 12.1 Å².